The maximum absolute atomic E-state index is 12.3. The van der Waals surface area contributed by atoms with Crippen LogP contribution in [-0.4, -0.2) is 15.7 Å². The third kappa shape index (κ3) is 2.20. The van der Waals surface area contributed by atoms with Gasteiger partial charge in [0.05, 0.1) is 10.6 Å². The fraction of sp³-hybridized carbons (Fsp3) is 0.200. The van der Waals surface area contributed by atoms with Crippen LogP contribution in [0.15, 0.2) is 30.3 Å². The molecule has 1 aromatic carbocycles. The maximum atomic E-state index is 12.3. The predicted molar refractivity (Wildman–Crippen MR) is 82.5 cm³/mol. The van der Waals surface area contributed by atoms with Crippen LogP contribution < -0.4 is 5.32 Å². The summed E-state index contributed by atoms with van der Waals surface area (Å²) in [7, 11) is 1.90. The van der Waals surface area contributed by atoms with E-state index in [-0.39, 0.29) is 5.91 Å². The number of carbonyl (C=O) groups is 1. The molecule has 0 aliphatic rings. The Hall–Kier alpha value is -2.14. The monoisotopic (exact) mass is 285 g/mol. The summed E-state index contributed by atoms with van der Waals surface area (Å²) in [6.45, 7) is 3.98. The smallest absolute Gasteiger partial charge is 0.265 e. The molecule has 0 atom stereocenters. The highest BCUT2D eigenvalue weighted by atomic mass is 32.1. The Morgan fingerprint density at radius 1 is 1.25 bits per heavy atom. The molecule has 20 heavy (non-hydrogen) atoms. The van der Waals surface area contributed by atoms with Crippen LogP contribution in [0.4, 0.5) is 5.69 Å². The lowest BCUT2D eigenvalue weighted by molar-refractivity contribution is 0.103. The van der Waals surface area contributed by atoms with Crippen LogP contribution in [0.25, 0.3) is 10.2 Å². The minimum absolute atomic E-state index is 0.0746. The largest absolute Gasteiger partial charge is 0.321 e. The predicted octanol–water partition coefficient (Wildman–Crippen LogP) is 3.50. The van der Waals surface area contributed by atoms with Crippen LogP contribution >= 0.6 is 11.3 Å². The average molecular weight is 285 g/mol. The zero-order chi connectivity index (χ0) is 14.3. The van der Waals surface area contributed by atoms with E-state index < -0.39 is 0 Å². The minimum Gasteiger partial charge on any atom is -0.321 e. The molecule has 3 rings (SSSR count). The van der Waals surface area contributed by atoms with Gasteiger partial charge in [0.1, 0.15) is 4.83 Å². The standard InChI is InChI=1S/C15H15N3OS/c1-9-4-6-11(7-5-9)16-14(19)13-8-12-10(2)17-18(3)15(12)20-13/h4-8H,1-3H3,(H,16,19). The SMILES string of the molecule is Cc1ccc(NC(=O)c2cc3c(C)nn(C)c3s2)cc1. The summed E-state index contributed by atoms with van der Waals surface area (Å²) in [5.74, 6) is -0.0746. The molecule has 0 radical (unpaired) electrons. The number of carbonyl (C=O) groups excluding carboxylic acids is 1. The number of nitrogens with zero attached hydrogens (tertiary/aromatic N) is 2. The lowest BCUT2D eigenvalue weighted by atomic mass is 10.2. The van der Waals surface area contributed by atoms with Crippen LogP contribution in [-0.2, 0) is 7.05 Å². The zero-order valence-electron chi connectivity index (χ0n) is 11.6. The van der Waals surface area contributed by atoms with Gasteiger partial charge in [-0.1, -0.05) is 17.7 Å². The van der Waals surface area contributed by atoms with Crippen molar-refractivity contribution >= 4 is 33.1 Å². The molecule has 0 saturated heterocycles. The van der Waals surface area contributed by atoms with Crippen molar-refractivity contribution < 1.29 is 4.79 Å². The first-order valence-corrected chi connectivity index (χ1v) is 7.17. The second-order valence-corrected chi connectivity index (χ2v) is 5.89. The Kier molecular flexibility index (Phi) is 3.06. The number of fused-ring (bicyclic) bond motifs is 1. The number of hydrogen-bond donors (Lipinski definition) is 1. The van der Waals surface area contributed by atoms with Crippen LogP contribution in [0.5, 0.6) is 0 Å². The summed E-state index contributed by atoms with van der Waals surface area (Å²) in [5, 5.41) is 8.30. The first kappa shape index (κ1) is 12.9. The van der Waals surface area contributed by atoms with E-state index in [9.17, 15) is 4.79 Å². The first-order valence-electron chi connectivity index (χ1n) is 6.36. The number of benzene rings is 1. The van der Waals surface area contributed by atoms with Gasteiger partial charge in [-0.15, -0.1) is 11.3 Å². The van der Waals surface area contributed by atoms with E-state index >= 15 is 0 Å². The number of aryl methyl sites for hydroxylation is 3. The second kappa shape index (κ2) is 4.76. The summed E-state index contributed by atoms with van der Waals surface area (Å²) in [6, 6.07) is 9.69. The molecule has 1 N–H and O–H groups in total. The van der Waals surface area contributed by atoms with Crippen molar-refractivity contribution in [1.29, 1.82) is 0 Å². The third-order valence-electron chi connectivity index (χ3n) is 3.23. The molecule has 0 bridgehead atoms. The highest BCUT2D eigenvalue weighted by Crippen LogP contribution is 2.28. The van der Waals surface area contributed by atoms with Crippen molar-refractivity contribution in [2.24, 2.45) is 7.05 Å². The Morgan fingerprint density at radius 3 is 2.60 bits per heavy atom. The van der Waals surface area contributed by atoms with E-state index in [0.717, 1.165) is 21.6 Å². The second-order valence-electron chi connectivity index (χ2n) is 4.86. The third-order valence-corrected chi connectivity index (χ3v) is 4.43. The number of thiophene rings is 1. The van der Waals surface area contributed by atoms with Crippen molar-refractivity contribution in [1.82, 2.24) is 9.78 Å². The maximum Gasteiger partial charge on any atom is 0.265 e. The van der Waals surface area contributed by atoms with Gasteiger partial charge in [-0.25, -0.2) is 0 Å². The van der Waals surface area contributed by atoms with Crippen LogP contribution in [0.1, 0.15) is 20.9 Å². The van der Waals surface area contributed by atoms with Crippen molar-refractivity contribution in [2.75, 3.05) is 5.32 Å². The van der Waals surface area contributed by atoms with Gasteiger partial charge in [-0.05, 0) is 32.0 Å². The summed E-state index contributed by atoms with van der Waals surface area (Å²) in [5.41, 5.74) is 2.94. The molecule has 0 spiro atoms. The molecule has 2 heterocycles. The van der Waals surface area contributed by atoms with Crippen LogP contribution in [0.2, 0.25) is 0 Å². The molecule has 1 amide bonds. The molecule has 0 unspecified atom stereocenters. The van der Waals surface area contributed by atoms with Gasteiger partial charge in [0, 0.05) is 18.1 Å². The van der Waals surface area contributed by atoms with E-state index in [1.165, 1.54) is 16.9 Å². The summed E-state index contributed by atoms with van der Waals surface area (Å²) >= 11 is 1.46. The Morgan fingerprint density at radius 2 is 1.95 bits per heavy atom. The molecular formula is C15H15N3OS. The highest BCUT2D eigenvalue weighted by Gasteiger charge is 2.15. The fourth-order valence-electron chi connectivity index (χ4n) is 2.15. The summed E-state index contributed by atoms with van der Waals surface area (Å²) in [6.07, 6.45) is 0. The van der Waals surface area contributed by atoms with Gasteiger partial charge in [-0.2, -0.15) is 5.10 Å². The normalized spacial score (nSPS) is 10.9. The number of anilines is 1. The topological polar surface area (TPSA) is 46.9 Å². The molecule has 2 aromatic heterocycles. The van der Waals surface area contributed by atoms with E-state index in [1.807, 2.05) is 55.9 Å². The van der Waals surface area contributed by atoms with Crippen molar-refractivity contribution in [3.63, 3.8) is 0 Å². The van der Waals surface area contributed by atoms with E-state index in [4.69, 9.17) is 0 Å². The Bertz CT molecular complexity index is 749. The van der Waals surface area contributed by atoms with Gasteiger partial charge in [-0.3, -0.25) is 9.48 Å². The number of hydrogen-bond acceptors (Lipinski definition) is 3. The quantitative estimate of drug-likeness (QED) is 0.783. The number of aromatic nitrogens is 2. The molecule has 5 heteroatoms. The summed E-state index contributed by atoms with van der Waals surface area (Å²) in [4.78, 5) is 14.0. The molecule has 0 saturated carbocycles. The van der Waals surface area contributed by atoms with Gasteiger partial charge in [0.2, 0.25) is 0 Å². The highest BCUT2D eigenvalue weighted by molar-refractivity contribution is 7.20. The van der Waals surface area contributed by atoms with Gasteiger partial charge < -0.3 is 5.32 Å². The molecule has 4 nitrogen and oxygen atoms in total. The number of nitrogens with one attached hydrogen (secondary N) is 1. The number of rotatable bonds is 2. The Balaban J connectivity index is 1.88. The first-order chi connectivity index (χ1) is 9.54. The van der Waals surface area contributed by atoms with Crippen molar-refractivity contribution in [3.8, 4) is 0 Å². The van der Waals surface area contributed by atoms with Crippen molar-refractivity contribution in [2.45, 2.75) is 13.8 Å². The molecule has 0 fully saturated rings. The summed E-state index contributed by atoms with van der Waals surface area (Å²) < 4.78 is 1.82. The van der Waals surface area contributed by atoms with E-state index in [2.05, 4.69) is 10.4 Å². The van der Waals surface area contributed by atoms with Gasteiger partial charge >= 0.3 is 0 Å². The molecule has 3 aromatic rings. The van der Waals surface area contributed by atoms with E-state index in [0.29, 0.717) is 4.88 Å². The van der Waals surface area contributed by atoms with Crippen molar-refractivity contribution in [3.05, 3.63) is 46.5 Å². The minimum atomic E-state index is -0.0746. The average Bonchev–Trinajstić information content (AvgIpc) is 2.95. The molecule has 0 aliphatic heterocycles. The van der Waals surface area contributed by atoms with Crippen LogP contribution in [0.3, 0.4) is 0 Å². The molecular weight excluding hydrogens is 270 g/mol. The molecule has 102 valence electrons. The molecule has 0 aliphatic carbocycles. The Labute approximate surface area is 121 Å². The van der Waals surface area contributed by atoms with E-state index in [1.54, 1.807) is 0 Å². The van der Waals surface area contributed by atoms with Gasteiger partial charge in [0.25, 0.3) is 5.91 Å². The van der Waals surface area contributed by atoms with Crippen LogP contribution in [0, 0.1) is 13.8 Å². The fourth-order valence-corrected chi connectivity index (χ4v) is 3.17. The number of amides is 1. The lowest BCUT2D eigenvalue weighted by Gasteiger charge is -2.03. The zero-order valence-corrected chi connectivity index (χ0v) is 12.4. The lowest BCUT2D eigenvalue weighted by Crippen LogP contribution is -2.09. The van der Waals surface area contributed by atoms with Gasteiger partial charge in [0.15, 0.2) is 0 Å².